The molecule has 1 heterocycles. The third-order valence-electron chi connectivity index (χ3n) is 5.90. The fraction of sp³-hybridized carbons (Fsp3) is 0.379. The minimum Gasteiger partial charge on any atom is -0.357 e. The molecular formula is C29H37N. The number of hydrogen-bond acceptors (Lipinski definition) is 0. The van der Waals surface area contributed by atoms with Crippen molar-refractivity contribution in [3.63, 3.8) is 0 Å². The molecule has 0 saturated carbocycles. The number of aryl methyl sites for hydroxylation is 1. The highest BCUT2D eigenvalue weighted by Gasteiger charge is 2.30. The minimum absolute atomic E-state index is 0.340. The second-order valence-electron chi connectivity index (χ2n) is 9.20. The zero-order chi connectivity index (χ0) is 22.5. The van der Waals surface area contributed by atoms with Crippen molar-refractivity contribution >= 4 is 16.5 Å². The third-order valence-corrected chi connectivity index (χ3v) is 5.90. The summed E-state index contributed by atoms with van der Waals surface area (Å²) in [5.41, 5.74) is 7.35. The summed E-state index contributed by atoms with van der Waals surface area (Å²) in [4.78, 5) is 3.65. The molecule has 0 spiro atoms. The van der Waals surface area contributed by atoms with Gasteiger partial charge in [-0.25, -0.2) is 0 Å². The average molecular weight is 400 g/mol. The Morgan fingerprint density at radius 3 is 2.57 bits per heavy atom. The molecule has 1 aromatic heterocycles. The number of aromatic nitrogens is 1. The van der Waals surface area contributed by atoms with Crippen LogP contribution in [0.1, 0.15) is 70.7 Å². The van der Waals surface area contributed by atoms with Gasteiger partial charge in [-0.05, 0) is 69.2 Å². The van der Waals surface area contributed by atoms with E-state index in [0.717, 1.165) is 45.8 Å². The number of benzene rings is 1. The molecule has 0 aliphatic heterocycles. The van der Waals surface area contributed by atoms with E-state index >= 15 is 0 Å². The first-order valence-electron chi connectivity index (χ1n) is 10.9. The molecule has 1 aromatic carbocycles. The molecule has 30 heavy (non-hydrogen) atoms. The van der Waals surface area contributed by atoms with Gasteiger partial charge in [0.05, 0.1) is 0 Å². The third kappa shape index (κ3) is 5.06. The Kier molecular flexibility index (Phi) is 7.74. The molecule has 0 amide bonds. The number of fused-ring (bicyclic) bond motifs is 1. The summed E-state index contributed by atoms with van der Waals surface area (Å²) in [6.45, 7) is 21.2. The number of aromatic amines is 1. The van der Waals surface area contributed by atoms with Gasteiger partial charge in [0, 0.05) is 27.6 Å². The molecule has 0 bridgehead atoms. The van der Waals surface area contributed by atoms with E-state index in [1.165, 1.54) is 23.8 Å². The Morgan fingerprint density at radius 2 is 2.00 bits per heavy atom. The van der Waals surface area contributed by atoms with Crippen LogP contribution >= 0.6 is 0 Å². The number of H-pyrrole nitrogens is 1. The lowest BCUT2D eigenvalue weighted by atomic mass is 9.77. The van der Waals surface area contributed by atoms with Crippen molar-refractivity contribution < 1.29 is 0 Å². The van der Waals surface area contributed by atoms with Crippen LogP contribution in [0.2, 0.25) is 0 Å². The lowest BCUT2D eigenvalue weighted by Gasteiger charge is -2.27. The van der Waals surface area contributed by atoms with Crippen molar-refractivity contribution in [2.45, 2.75) is 66.2 Å². The van der Waals surface area contributed by atoms with E-state index in [0.29, 0.717) is 0 Å². The van der Waals surface area contributed by atoms with Gasteiger partial charge in [-0.2, -0.15) is 0 Å². The number of nitrogens with one attached hydrogen (secondary N) is 1. The summed E-state index contributed by atoms with van der Waals surface area (Å²) < 4.78 is 0. The highest BCUT2D eigenvalue weighted by Crippen LogP contribution is 2.38. The van der Waals surface area contributed by atoms with E-state index in [1.807, 2.05) is 13.0 Å². The molecule has 1 heteroatoms. The molecule has 1 nitrogen and oxygen atoms in total. The van der Waals surface area contributed by atoms with Gasteiger partial charge in [0.1, 0.15) is 0 Å². The topological polar surface area (TPSA) is 15.8 Å². The molecule has 1 N–H and O–H groups in total. The Labute approximate surface area is 183 Å². The van der Waals surface area contributed by atoms with Crippen LogP contribution in [-0.4, -0.2) is 4.98 Å². The summed E-state index contributed by atoms with van der Waals surface area (Å²) in [6.07, 6.45) is 15.8. The van der Waals surface area contributed by atoms with E-state index in [4.69, 9.17) is 6.42 Å². The standard InChI is InChI=1S/C29H37N/c1-10-23(16-14-12-13-15-20(3)4)26(11-2)29(8,9)28-22(7)25-18-17-24(21(5)6)19-27(25)30-28/h2,10,14,16-20,30H,1,5,12-13,15H2,3-4,6-9H3/b16-14-,26-23+. The number of terminal acetylenes is 1. The predicted molar refractivity (Wildman–Crippen MR) is 135 cm³/mol. The van der Waals surface area contributed by atoms with Crippen molar-refractivity contribution in [1.82, 2.24) is 4.98 Å². The average Bonchev–Trinajstić information content (AvgIpc) is 3.03. The lowest BCUT2D eigenvalue weighted by Crippen LogP contribution is -2.22. The van der Waals surface area contributed by atoms with Crippen molar-refractivity contribution in [2.24, 2.45) is 5.92 Å². The van der Waals surface area contributed by atoms with Crippen LogP contribution in [0.25, 0.3) is 16.5 Å². The minimum atomic E-state index is -0.340. The maximum absolute atomic E-state index is 6.04. The largest absolute Gasteiger partial charge is 0.357 e. The molecule has 0 aliphatic rings. The summed E-state index contributed by atoms with van der Waals surface area (Å²) in [5.74, 6) is 3.71. The molecule has 2 aromatic rings. The van der Waals surface area contributed by atoms with Crippen LogP contribution in [0, 0.1) is 25.2 Å². The summed E-state index contributed by atoms with van der Waals surface area (Å²) in [6, 6.07) is 6.48. The molecule has 0 aliphatic carbocycles. The predicted octanol–water partition coefficient (Wildman–Crippen LogP) is 8.29. The Bertz CT molecular complexity index is 1030. The quantitative estimate of drug-likeness (QED) is 0.248. The van der Waals surface area contributed by atoms with Crippen molar-refractivity contribution in [3.8, 4) is 12.3 Å². The van der Waals surface area contributed by atoms with E-state index in [-0.39, 0.29) is 5.41 Å². The molecule has 0 atom stereocenters. The first-order valence-corrected chi connectivity index (χ1v) is 10.9. The Hall–Kier alpha value is -2.72. The van der Waals surface area contributed by atoms with Crippen LogP contribution in [0.3, 0.4) is 0 Å². The second-order valence-corrected chi connectivity index (χ2v) is 9.20. The van der Waals surface area contributed by atoms with Crippen LogP contribution in [-0.2, 0) is 5.41 Å². The summed E-state index contributed by atoms with van der Waals surface area (Å²) in [7, 11) is 0. The zero-order valence-electron chi connectivity index (χ0n) is 19.7. The zero-order valence-corrected chi connectivity index (χ0v) is 19.7. The maximum atomic E-state index is 6.04. The first-order chi connectivity index (χ1) is 14.1. The second kappa shape index (κ2) is 9.86. The van der Waals surface area contributed by atoms with Crippen LogP contribution in [0.5, 0.6) is 0 Å². The van der Waals surface area contributed by atoms with Gasteiger partial charge < -0.3 is 4.98 Å². The summed E-state index contributed by atoms with van der Waals surface area (Å²) in [5, 5.41) is 1.23. The Balaban J connectivity index is 2.47. The SMILES string of the molecule is C#C/C(=C(C=C)\C=C/CCCC(C)C)C(C)(C)c1[nH]c2cc(C(=C)C)ccc2c1C. The smallest absolute Gasteiger partial charge is 0.0465 e. The molecule has 0 radical (unpaired) electrons. The maximum Gasteiger partial charge on any atom is 0.0465 e. The van der Waals surface area contributed by atoms with Gasteiger partial charge in [-0.3, -0.25) is 0 Å². The number of allylic oxidation sites excluding steroid dienone is 6. The van der Waals surface area contributed by atoms with Crippen LogP contribution < -0.4 is 0 Å². The van der Waals surface area contributed by atoms with Crippen LogP contribution in [0.15, 0.2) is 60.7 Å². The highest BCUT2D eigenvalue weighted by atomic mass is 14.7. The van der Waals surface area contributed by atoms with Gasteiger partial charge in [-0.15, -0.1) is 6.42 Å². The van der Waals surface area contributed by atoms with E-state index in [9.17, 15) is 0 Å². The summed E-state index contributed by atoms with van der Waals surface area (Å²) >= 11 is 0. The molecule has 158 valence electrons. The molecule has 0 unspecified atom stereocenters. The fourth-order valence-electron chi connectivity index (χ4n) is 4.09. The van der Waals surface area contributed by atoms with Crippen molar-refractivity contribution in [1.29, 1.82) is 0 Å². The number of rotatable bonds is 9. The van der Waals surface area contributed by atoms with Crippen molar-refractivity contribution in [3.05, 3.63) is 77.6 Å². The van der Waals surface area contributed by atoms with Crippen LogP contribution in [0.4, 0.5) is 0 Å². The lowest BCUT2D eigenvalue weighted by molar-refractivity contribution is 0.560. The van der Waals surface area contributed by atoms with Gasteiger partial charge in [0.25, 0.3) is 0 Å². The van der Waals surface area contributed by atoms with Gasteiger partial charge in [-0.1, -0.05) is 75.3 Å². The molecule has 0 saturated heterocycles. The normalized spacial score (nSPS) is 13.0. The van der Waals surface area contributed by atoms with Gasteiger partial charge in [0.15, 0.2) is 0 Å². The number of hydrogen-bond donors (Lipinski definition) is 1. The van der Waals surface area contributed by atoms with E-state index in [2.05, 4.69) is 89.0 Å². The van der Waals surface area contributed by atoms with Gasteiger partial charge >= 0.3 is 0 Å². The highest BCUT2D eigenvalue weighted by molar-refractivity contribution is 5.88. The first kappa shape index (κ1) is 23.6. The fourth-order valence-corrected chi connectivity index (χ4v) is 4.09. The van der Waals surface area contributed by atoms with Crippen molar-refractivity contribution in [2.75, 3.05) is 0 Å². The Morgan fingerprint density at radius 1 is 1.30 bits per heavy atom. The van der Waals surface area contributed by atoms with E-state index < -0.39 is 0 Å². The monoisotopic (exact) mass is 399 g/mol. The molecule has 2 rings (SSSR count). The molecular weight excluding hydrogens is 362 g/mol. The number of unbranched alkanes of at least 4 members (excludes halogenated alkanes) is 1. The van der Waals surface area contributed by atoms with Gasteiger partial charge in [0.2, 0.25) is 0 Å². The van der Waals surface area contributed by atoms with E-state index in [1.54, 1.807) is 0 Å². The molecule has 0 fully saturated rings.